The summed E-state index contributed by atoms with van der Waals surface area (Å²) in [5.41, 5.74) is 0.711. The molecule has 8 heteroatoms. The Morgan fingerprint density at radius 3 is 2.35 bits per heavy atom. The summed E-state index contributed by atoms with van der Waals surface area (Å²) in [7, 11) is 0. The molecule has 1 atom stereocenters. The van der Waals surface area contributed by atoms with Crippen LogP contribution in [0.4, 0.5) is 4.79 Å². The fraction of sp³-hybridized carbons (Fsp3) is 0.517. The van der Waals surface area contributed by atoms with E-state index in [-0.39, 0.29) is 17.5 Å². The molecule has 4 saturated heterocycles. The van der Waals surface area contributed by atoms with Crippen LogP contribution < -0.4 is 15.4 Å². The van der Waals surface area contributed by atoms with Crippen LogP contribution in [0.3, 0.4) is 0 Å². The monoisotopic (exact) mass is 506 g/mol. The lowest BCUT2D eigenvalue weighted by atomic mass is 9.74. The minimum Gasteiger partial charge on any atom is -0.457 e. The molecule has 0 aromatic heterocycles. The van der Waals surface area contributed by atoms with Gasteiger partial charge in [-0.15, -0.1) is 0 Å². The van der Waals surface area contributed by atoms with Gasteiger partial charge in [-0.25, -0.2) is 4.79 Å². The number of amides is 3. The zero-order chi connectivity index (χ0) is 26.0. The van der Waals surface area contributed by atoms with E-state index in [9.17, 15) is 9.59 Å². The molecule has 2 aromatic rings. The molecular formula is C29H38N4O4. The van der Waals surface area contributed by atoms with Crippen molar-refractivity contribution in [3.63, 3.8) is 0 Å². The smallest absolute Gasteiger partial charge is 0.315 e. The predicted molar refractivity (Wildman–Crippen MR) is 142 cm³/mol. The first-order valence-electron chi connectivity index (χ1n) is 13.3. The van der Waals surface area contributed by atoms with Gasteiger partial charge in [0.1, 0.15) is 11.5 Å². The van der Waals surface area contributed by atoms with Crippen molar-refractivity contribution >= 4 is 11.9 Å². The highest BCUT2D eigenvalue weighted by molar-refractivity contribution is 5.94. The number of ether oxygens (including phenoxy) is 2. The van der Waals surface area contributed by atoms with Crippen LogP contribution in [-0.2, 0) is 10.3 Å². The number of piperidine rings is 3. The minimum absolute atomic E-state index is 0.0180. The van der Waals surface area contributed by atoms with E-state index >= 15 is 0 Å². The lowest BCUT2D eigenvalue weighted by Crippen LogP contribution is -2.67. The fourth-order valence-corrected chi connectivity index (χ4v) is 5.84. The van der Waals surface area contributed by atoms with Crippen molar-refractivity contribution in [3.05, 3.63) is 59.7 Å². The first kappa shape index (κ1) is 25.5. The van der Waals surface area contributed by atoms with Gasteiger partial charge in [-0.05, 0) is 88.5 Å². The number of nitrogens with zero attached hydrogens (tertiary/aromatic N) is 2. The topological polar surface area (TPSA) is 83.1 Å². The molecule has 0 spiro atoms. The molecule has 3 amide bonds. The summed E-state index contributed by atoms with van der Waals surface area (Å²) >= 11 is 0. The minimum atomic E-state index is -0.609. The van der Waals surface area contributed by atoms with Crippen molar-refractivity contribution in [3.8, 4) is 11.5 Å². The van der Waals surface area contributed by atoms with Crippen LogP contribution in [0.15, 0.2) is 48.5 Å². The van der Waals surface area contributed by atoms with Crippen LogP contribution in [0.1, 0.15) is 49.5 Å². The molecule has 6 rings (SSSR count). The Morgan fingerprint density at radius 2 is 1.68 bits per heavy atom. The van der Waals surface area contributed by atoms with E-state index in [4.69, 9.17) is 9.47 Å². The van der Waals surface area contributed by atoms with Crippen molar-refractivity contribution in [2.75, 3.05) is 45.9 Å². The molecule has 8 nitrogen and oxygen atoms in total. The van der Waals surface area contributed by atoms with Gasteiger partial charge in [-0.3, -0.25) is 4.79 Å². The van der Waals surface area contributed by atoms with Crippen LogP contribution in [-0.4, -0.2) is 73.2 Å². The van der Waals surface area contributed by atoms with E-state index in [0.29, 0.717) is 49.3 Å². The Hall–Kier alpha value is -3.10. The molecule has 4 aliphatic heterocycles. The average Bonchev–Trinajstić information content (AvgIpc) is 2.89. The molecule has 2 N–H and O–H groups in total. The number of hydrogen-bond acceptors (Lipinski definition) is 5. The number of rotatable bonds is 6. The van der Waals surface area contributed by atoms with Crippen LogP contribution in [0, 0.1) is 5.92 Å². The largest absolute Gasteiger partial charge is 0.457 e. The van der Waals surface area contributed by atoms with E-state index in [2.05, 4.69) is 22.5 Å². The van der Waals surface area contributed by atoms with Crippen LogP contribution in [0.2, 0.25) is 0 Å². The van der Waals surface area contributed by atoms with Crippen LogP contribution in [0.5, 0.6) is 11.5 Å². The Morgan fingerprint density at radius 1 is 1.00 bits per heavy atom. The number of morpholine rings is 1. The third kappa shape index (κ3) is 5.75. The normalized spacial score (nSPS) is 25.4. The van der Waals surface area contributed by atoms with Gasteiger partial charge in [0.05, 0.1) is 24.3 Å². The Bertz CT molecular complexity index is 1140. The van der Waals surface area contributed by atoms with Gasteiger partial charge in [0, 0.05) is 25.2 Å². The number of carbonyl (C=O) groups is 2. The van der Waals surface area contributed by atoms with Crippen molar-refractivity contribution in [1.82, 2.24) is 20.4 Å². The second kappa shape index (κ2) is 10.3. The molecule has 4 heterocycles. The molecule has 0 radical (unpaired) electrons. The number of fused-ring (bicyclic) bond motifs is 3. The summed E-state index contributed by atoms with van der Waals surface area (Å²) in [6, 6.07) is 14.8. The highest BCUT2D eigenvalue weighted by atomic mass is 16.5. The second-order valence-electron chi connectivity index (χ2n) is 11.2. The van der Waals surface area contributed by atoms with Gasteiger partial charge in [-0.2, -0.15) is 0 Å². The molecule has 2 bridgehead atoms. The van der Waals surface area contributed by atoms with E-state index in [1.54, 1.807) is 11.0 Å². The number of benzene rings is 2. The highest BCUT2D eigenvalue weighted by Crippen LogP contribution is 2.35. The van der Waals surface area contributed by atoms with Gasteiger partial charge >= 0.3 is 6.03 Å². The molecule has 0 saturated carbocycles. The lowest BCUT2D eigenvalue weighted by Gasteiger charge is -2.52. The molecule has 2 aromatic carbocycles. The molecule has 4 fully saturated rings. The first-order valence-corrected chi connectivity index (χ1v) is 13.3. The van der Waals surface area contributed by atoms with Crippen molar-refractivity contribution in [2.24, 2.45) is 5.92 Å². The van der Waals surface area contributed by atoms with Gasteiger partial charge in [-0.1, -0.05) is 18.2 Å². The summed E-state index contributed by atoms with van der Waals surface area (Å²) in [6.07, 6.45) is 2.28. The third-order valence-corrected chi connectivity index (χ3v) is 8.04. The molecule has 1 unspecified atom stereocenters. The number of hydrogen-bond donors (Lipinski definition) is 2. The van der Waals surface area contributed by atoms with E-state index < -0.39 is 5.54 Å². The Kier molecular flexibility index (Phi) is 7.14. The Labute approximate surface area is 219 Å². The standard InChI is InChI=1S/C29H38N4O4/c1-28(2,30-27(35)31-29(3)20-32-12-10-22(29)11-13-32)23-7-5-9-25(19-23)37-24-8-4-6-21(18-24)26(34)33-14-16-36-17-15-33/h4-9,18-19,22H,10-17,20H2,1-3H3,(H2,30,31,35). The van der Waals surface area contributed by atoms with Crippen molar-refractivity contribution in [1.29, 1.82) is 0 Å². The maximum atomic E-state index is 13.1. The summed E-state index contributed by atoms with van der Waals surface area (Å²) in [5, 5.41) is 6.46. The molecule has 0 aliphatic carbocycles. The first-order chi connectivity index (χ1) is 17.7. The van der Waals surface area contributed by atoms with Gasteiger partial charge < -0.3 is 29.9 Å². The number of carbonyl (C=O) groups excluding carboxylic acids is 2. The fourth-order valence-electron chi connectivity index (χ4n) is 5.84. The molecule has 198 valence electrons. The highest BCUT2D eigenvalue weighted by Gasteiger charge is 2.44. The molecule has 4 aliphatic rings. The SMILES string of the molecule is CC(C)(NC(=O)NC1(C)CN2CCC1CC2)c1cccc(Oc2cccc(C(=O)N3CCOCC3)c2)c1. The zero-order valence-electron chi connectivity index (χ0n) is 22.1. The van der Waals surface area contributed by atoms with Gasteiger partial charge in [0.25, 0.3) is 5.91 Å². The van der Waals surface area contributed by atoms with Crippen LogP contribution in [0.25, 0.3) is 0 Å². The van der Waals surface area contributed by atoms with Crippen molar-refractivity contribution in [2.45, 2.75) is 44.7 Å². The predicted octanol–water partition coefficient (Wildman–Crippen LogP) is 3.97. The third-order valence-electron chi connectivity index (χ3n) is 8.04. The van der Waals surface area contributed by atoms with Gasteiger partial charge in [0.2, 0.25) is 0 Å². The molecular weight excluding hydrogens is 468 g/mol. The van der Waals surface area contributed by atoms with E-state index in [1.165, 1.54) is 0 Å². The maximum Gasteiger partial charge on any atom is 0.315 e. The lowest BCUT2D eigenvalue weighted by molar-refractivity contribution is 0.0224. The number of nitrogens with one attached hydrogen (secondary N) is 2. The van der Waals surface area contributed by atoms with E-state index in [0.717, 1.165) is 38.0 Å². The summed E-state index contributed by atoms with van der Waals surface area (Å²) in [4.78, 5) is 30.2. The van der Waals surface area contributed by atoms with Gasteiger partial charge in [0.15, 0.2) is 0 Å². The zero-order valence-corrected chi connectivity index (χ0v) is 22.1. The van der Waals surface area contributed by atoms with Crippen LogP contribution >= 0.6 is 0 Å². The summed E-state index contributed by atoms with van der Waals surface area (Å²) in [6.45, 7) is 11.6. The molecule has 37 heavy (non-hydrogen) atoms. The van der Waals surface area contributed by atoms with E-state index in [1.807, 2.05) is 56.3 Å². The summed E-state index contributed by atoms with van der Waals surface area (Å²) < 4.78 is 11.5. The quantitative estimate of drug-likeness (QED) is 0.620. The Balaban J connectivity index is 1.24. The number of urea groups is 1. The second-order valence-corrected chi connectivity index (χ2v) is 11.2. The summed E-state index contributed by atoms with van der Waals surface area (Å²) in [5.74, 6) is 1.74. The maximum absolute atomic E-state index is 13.1. The average molecular weight is 507 g/mol. The van der Waals surface area contributed by atoms with Crippen molar-refractivity contribution < 1.29 is 19.1 Å².